The first-order chi connectivity index (χ1) is 16.3. The van der Waals surface area contributed by atoms with Crippen LogP contribution in [0.4, 0.5) is 0 Å². The Morgan fingerprint density at radius 3 is 2.56 bits per heavy atom. The highest BCUT2D eigenvalue weighted by Crippen LogP contribution is 2.57. The molecule has 0 aliphatic carbocycles. The average molecular weight is 469 g/mol. The average Bonchev–Trinajstić information content (AvgIpc) is 3.30. The number of carbonyl (C=O) groups excluding carboxylic acids is 1. The van der Waals surface area contributed by atoms with Crippen molar-refractivity contribution in [2.24, 2.45) is 0 Å². The minimum Gasteiger partial charge on any atom is -0.507 e. The van der Waals surface area contributed by atoms with E-state index in [0.717, 1.165) is 16.7 Å². The number of piperazine rings is 1. The van der Waals surface area contributed by atoms with Crippen LogP contribution in [0.3, 0.4) is 0 Å². The van der Waals surface area contributed by atoms with Crippen LogP contribution in [0.25, 0.3) is 0 Å². The van der Waals surface area contributed by atoms with Gasteiger partial charge in [-0.25, -0.2) is 0 Å². The summed E-state index contributed by atoms with van der Waals surface area (Å²) in [5.74, 6) is 1.46. The molecule has 2 aromatic rings. The second-order valence-electron chi connectivity index (χ2n) is 9.62. The van der Waals surface area contributed by atoms with Gasteiger partial charge in [0.15, 0.2) is 23.0 Å². The van der Waals surface area contributed by atoms with E-state index in [4.69, 9.17) is 14.2 Å². The van der Waals surface area contributed by atoms with Crippen molar-refractivity contribution in [3.63, 3.8) is 0 Å². The van der Waals surface area contributed by atoms with E-state index < -0.39 is 18.1 Å². The lowest BCUT2D eigenvalue weighted by atomic mass is 9.73. The van der Waals surface area contributed by atoms with Crippen LogP contribution in [-0.2, 0) is 17.6 Å². The van der Waals surface area contributed by atoms with Crippen LogP contribution in [0.2, 0.25) is 0 Å². The predicted octanol–water partition coefficient (Wildman–Crippen LogP) is 1.85. The molecular formula is C25H28N2O7. The van der Waals surface area contributed by atoms with Crippen LogP contribution in [0.5, 0.6) is 28.7 Å². The number of likely N-dealkylation sites (N-methyl/N-ethyl adjacent to an activating group) is 1. The minimum absolute atomic E-state index is 0.0238. The number of aliphatic hydroxyl groups is 1. The molecule has 0 saturated carbocycles. The Morgan fingerprint density at radius 2 is 1.85 bits per heavy atom. The molecule has 2 aromatic carbocycles. The molecule has 2 bridgehead atoms. The van der Waals surface area contributed by atoms with Crippen molar-refractivity contribution in [3.8, 4) is 28.7 Å². The number of aryl methyl sites for hydroxylation is 1. The Balaban J connectivity index is 1.59. The largest absolute Gasteiger partial charge is 0.507 e. The van der Waals surface area contributed by atoms with E-state index in [1.807, 2.05) is 24.9 Å². The molecule has 9 nitrogen and oxygen atoms in total. The van der Waals surface area contributed by atoms with E-state index in [-0.39, 0.29) is 36.8 Å². The van der Waals surface area contributed by atoms with Gasteiger partial charge in [-0.05, 0) is 44.9 Å². The first-order valence-corrected chi connectivity index (χ1v) is 11.5. The van der Waals surface area contributed by atoms with E-state index in [0.29, 0.717) is 46.8 Å². The second-order valence-corrected chi connectivity index (χ2v) is 9.62. The third kappa shape index (κ3) is 2.48. The number of methoxy groups -OCH3 is 1. The summed E-state index contributed by atoms with van der Waals surface area (Å²) >= 11 is 0. The number of amides is 1. The van der Waals surface area contributed by atoms with Gasteiger partial charge < -0.3 is 34.4 Å². The number of nitrogens with zero attached hydrogens (tertiary/aromatic N) is 2. The van der Waals surface area contributed by atoms with Gasteiger partial charge in [-0.2, -0.15) is 0 Å². The Bertz CT molecular complexity index is 1240. The molecule has 0 radical (unpaired) electrons. The Labute approximate surface area is 197 Å². The van der Waals surface area contributed by atoms with Crippen LogP contribution < -0.4 is 14.2 Å². The topological polar surface area (TPSA) is 112 Å². The molecule has 4 aliphatic rings. The number of carbonyl (C=O) groups is 1. The van der Waals surface area contributed by atoms with E-state index in [1.54, 1.807) is 11.8 Å². The zero-order valence-electron chi connectivity index (χ0n) is 19.6. The number of hydrogen-bond acceptors (Lipinski definition) is 8. The summed E-state index contributed by atoms with van der Waals surface area (Å²) in [5.41, 5.74) is 4.31. The van der Waals surface area contributed by atoms with Crippen molar-refractivity contribution in [2.45, 2.75) is 50.9 Å². The number of benzene rings is 2. The van der Waals surface area contributed by atoms with Crippen LogP contribution in [0, 0.1) is 13.8 Å². The SMILES string of the molecule is COc1c(C)cc2c(c1O)[C@H]1C3Cc4c(O)c(C)c5c(c4[C@H](CO)N3C(=O)[C@H](C2)N1C)OCO5. The molecule has 1 unspecified atom stereocenters. The highest BCUT2D eigenvalue weighted by atomic mass is 16.7. The minimum atomic E-state index is -0.696. The lowest BCUT2D eigenvalue weighted by Gasteiger charge is -2.57. The molecule has 6 rings (SSSR count). The number of hydrogen-bond donors (Lipinski definition) is 3. The van der Waals surface area contributed by atoms with Gasteiger partial charge in [0.2, 0.25) is 12.7 Å². The van der Waals surface area contributed by atoms with Crippen molar-refractivity contribution in [1.82, 2.24) is 9.80 Å². The number of aliphatic hydroxyl groups excluding tert-OH is 1. The number of rotatable bonds is 2. The molecule has 0 spiro atoms. The van der Waals surface area contributed by atoms with Crippen molar-refractivity contribution < 1.29 is 34.3 Å². The van der Waals surface area contributed by atoms with Gasteiger partial charge in [-0.3, -0.25) is 9.69 Å². The molecule has 0 aromatic heterocycles. The first-order valence-electron chi connectivity index (χ1n) is 11.5. The maximum Gasteiger partial charge on any atom is 0.241 e. The highest BCUT2D eigenvalue weighted by Gasteiger charge is 2.55. The molecule has 180 valence electrons. The molecule has 1 amide bonds. The molecule has 3 N–H and O–H groups in total. The quantitative estimate of drug-likeness (QED) is 0.612. The monoisotopic (exact) mass is 468 g/mol. The summed E-state index contributed by atoms with van der Waals surface area (Å²) in [5, 5.41) is 32.9. The smallest absolute Gasteiger partial charge is 0.241 e. The van der Waals surface area contributed by atoms with Gasteiger partial charge in [0.25, 0.3) is 0 Å². The number of phenols is 2. The Kier molecular flexibility index (Phi) is 4.50. The van der Waals surface area contributed by atoms with Crippen molar-refractivity contribution in [2.75, 3.05) is 27.6 Å². The molecular weight excluding hydrogens is 440 g/mol. The third-order valence-electron chi connectivity index (χ3n) is 8.09. The van der Waals surface area contributed by atoms with E-state index in [1.165, 1.54) is 7.11 Å². The van der Waals surface area contributed by atoms with E-state index in [9.17, 15) is 20.1 Å². The molecule has 4 heterocycles. The normalized spacial score (nSPS) is 26.7. The molecule has 4 atom stereocenters. The van der Waals surface area contributed by atoms with Gasteiger partial charge in [-0.1, -0.05) is 6.07 Å². The number of phenolic OH excluding ortho intramolecular Hbond substituents is 2. The van der Waals surface area contributed by atoms with Crippen LogP contribution >= 0.6 is 0 Å². The summed E-state index contributed by atoms with van der Waals surface area (Å²) in [6, 6.07) is 0.109. The summed E-state index contributed by atoms with van der Waals surface area (Å²) in [4.78, 5) is 17.6. The maximum atomic E-state index is 13.9. The van der Waals surface area contributed by atoms with Crippen LogP contribution in [0.15, 0.2) is 6.07 Å². The highest BCUT2D eigenvalue weighted by molar-refractivity contribution is 5.86. The third-order valence-corrected chi connectivity index (χ3v) is 8.09. The van der Waals surface area contributed by atoms with E-state index in [2.05, 4.69) is 0 Å². The Morgan fingerprint density at radius 1 is 1.12 bits per heavy atom. The number of ether oxygens (including phenoxy) is 3. The van der Waals surface area contributed by atoms with Gasteiger partial charge >= 0.3 is 0 Å². The van der Waals surface area contributed by atoms with Gasteiger partial charge in [0.1, 0.15) is 5.75 Å². The maximum absolute atomic E-state index is 13.9. The van der Waals surface area contributed by atoms with Gasteiger partial charge in [0, 0.05) is 22.3 Å². The Hall–Kier alpha value is -3.17. The first kappa shape index (κ1) is 21.4. The van der Waals surface area contributed by atoms with Crippen molar-refractivity contribution >= 4 is 5.91 Å². The molecule has 1 fully saturated rings. The van der Waals surface area contributed by atoms with Crippen LogP contribution in [0.1, 0.15) is 45.5 Å². The fraction of sp³-hybridized carbons (Fsp3) is 0.480. The van der Waals surface area contributed by atoms with Crippen molar-refractivity contribution in [3.05, 3.63) is 39.4 Å². The fourth-order valence-electron chi connectivity index (χ4n) is 6.62. The molecule has 1 saturated heterocycles. The fourth-order valence-corrected chi connectivity index (χ4v) is 6.62. The standard InChI is InChI=1S/C25H28N2O7/c1-10-5-12-6-15-25(31)27-14(19(26(15)3)17(12)21(30)22(10)32-4)7-13-18(16(27)8-28)24-23(33-9-34-24)11(2)20(13)29/h5,14-16,19,28-30H,6-9H2,1-4H3/t14?,15-,16-,19+/m0/s1. The summed E-state index contributed by atoms with van der Waals surface area (Å²) in [6.45, 7) is 3.35. The second kappa shape index (κ2) is 7.16. The van der Waals surface area contributed by atoms with Crippen molar-refractivity contribution in [1.29, 1.82) is 0 Å². The zero-order valence-corrected chi connectivity index (χ0v) is 19.6. The van der Waals surface area contributed by atoms with Gasteiger partial charge in [0.05, 0.1) is 37.9 Å². The summed E-state index contributed by atoms with van der Waals surface area (Å²) in [6.07, 6.45) is 0.794. The molecule has 4 aliphatic heterocycles. The zero-order chi connectivity index (χ0) is 24.0. The summed E-state index contributed by atoms with van der Waals surface area (Å²) < 4.78 is 16.9. The molecule has 9 heteroatoms. The number of aromatic hydroxyl groups is 2. The van der Waals surface area contributed by atoms with Crippen LogP contribution in [-0.4, -0.2) is 70.7 Å². The lowest BCUT2D eigenvalue weighted by Crippen LogP contribution is -2.66. The number of fused-ring (bicyclic) bond motifs is 9. The van der Waals surface area contributed by atoms with Gasteiger partial charge in [-0.15, -0.1) is 0 Å². The van der Waals surface area contributed by atoms with E-state index >= 15 is 0 Å². The molecule has 34 heavy (non-hydrogen) atoms. The lowest BCUT2D eigenvalue weighted by molar-refractivity contribution is -0.158. The summed E-state index contributed by atoms with van der Waals surface area (Å²) in [7, 11) is 3.43. The predicted molar refractivity (Wildman–Crippen MR) is 121 cm³/mol.